The van der Waals surface area contributed by atoms with Crippen LogP contribution in [-0.2, 0) is 0 Å². The van der Waals surface area contributed by atoms with Gasteiger partial charge in [-0.3, -0.25) is 14.7 Å². The van der Waals surface area contributed by atoms with Crippen LogP contribution < -0.4 is 0 Å². The Kier molecular flexibility index (Phi) is 12.6. The second-order valence-corrected chi connectivity index (χ2v) is 25.9. The molecule has 0 N–H and O–H groups in total. The zero-order valence-electron chi connectivity index (χ0n) is 38.3. The molecule has 3 nitrogen and oxygen atoms in total. The minimum absolute atomic E-state index is 0.365. The Labute approximate surface area is 321 Å². The summed E-state index contributed by atoms with van der Waals surface area (Å²) < 4.78 is 0. The maximum absolute atomic E-state index is 2.69. The van der Waals surface area contributed by atoms with Crippen molar-refractivity contribution in [1.82, 2.24) is 14.7 Å². The summed E-state index contributed by atoms with van der Waals surface area (Å²) in [7, 11) is 0. The van der Waals surface area contributed by atoms with Gasteiger partial charge in [0.05, 0.1) is 0 Å². The standard InChI is InChI=1S/C17H33N.C16H31N.C15H29N/c1-15(2,3)14-7-8-17(13-14)9-11-18(12-10-17)16(4,5)6;1-14(2,3)13-11-16(12-13)7-9-17(10-8-16)15(4,5)6;1-13(2,3)12-9-15(10-12)7-8-16(11-15)14(4,5)6/h14H,7-13H2,1-6H3;13H,7-12H2,1-6H3;12H,7-11H2,1-6H3. The lowest BCUT2D eigenvalue weighted by Crippen LogP contribution is -2.53. The lowest BCUT2D eigenvalue weighted by Gasteiger charge is -2.57. The van der Waals surface area contributed by atoms with E-state index in [1.807, 2.05) is 0 Å². The minimum atomic E-state index is 0.365. The van der Waals surface area contributed by atoms with E-state index in [1.165, 1.54) is 116 Å². The largest absolute Gasteiger partial charge is 0.298 e. The third-order valence-corrected chi connectivity index (χ3v) is 16.0. The van der Waals surface area contributed by atoms with Crippen LogP contribution in [0.3, 0.4) is 0 Å². The molecule has 3 aliphatic carbocycles. The molecule has 6 rings (SSSR count). The van der Waals surface area contributed by atoms with Crippen molar-refractivity contribution in [2.45, 2.75) is 218 Å². The molecule has 0 bridgehead atoms. The summed E-state index contributed by atoms with van der Waals surface area (Å²) >= 11 is 0. The Bertz CT molecular complexity index is 1090. The predicted octanol–water partition coefficient (Wildman–Crippen LogP) is 13.0. The Morgan fingerprint density at radius 2 is 0.627 bits per heavy atom. The van der Waals surface area contributed by atoms with E-state index in [4.69, 9.17) is 0 Å². The highest BCUT2D eigenvalue weighted by Crippen LogP contribution is 2.59. The normalized spacial score (nSPS) is 29.3. The van der Waals surface area contributed by atoms with Gasteiger partial charge in [0.1, 0.15) is 0 Å². The zero-order valence-corrected chi connectivity index (χ0v) is 38.3. The predicted molar refractivity (Wildman–Crippen MR) is 226 cm³/mol. The first-order valence-corrected chi connectivity index (χ1v) is 22.1. The molecule has 3 spiro atoms. The second kappa shape index (κ2) is 14.8. The molecule has 300 valence electrons. The first kappa shape index (κ1) is 43.6. The van der Waals surface area contributed by atoms with Crippen LogP contribution >= 0.6 is 0 Å². The maximum atomic E-state index is 2.69. The molecule has 6 fully saturated rings. The number of piperidine rings is 2. The highest BCUT2D eigenvalue weighted by molar-refractivity contribution is 5.05. The summed E-state index contributed by atoms with van der Waals surface area (Å²) in [5.74, 6) is 2.90. The van der Waals surface area contributed by atoms with Gasteiger partial charge >= 0.3 is 0 Å². The molecule has 0 aromatic rings. The van der Waals surface area contributed by atoms with Crippen molar-refractivity contribution in [3.63, 3.8) is 0 Å². The van der Waals surface area contributed by atoms with E-state index in [0.717, 1.165) is 23.2 Å². The average molecular weight is 712 g/mol. The number of hydrogen-bond acceptors (Lipinski definition) is 3. The van der Waals surface area contributed by atoms with Gasteiger partial charge in [-0.15, -0.1) is 0 Å². The number of nitrogens with zero attached hydrogens (tertiary/aromatic N) is 3. The third kappa shape index (κ3) is 11.0. The lowest BCUT2D eigenvalue weighted by atomic mass is 9.51. The summed E-state index contributed by atoms with van der Waals surface area (Å²) in [6.45, 7) is 50.9. The third-order valence-electron chi connectivity index (χ3n) is 16.0. The first-order valence-electron chi connectivity index (χ1n) is 22.1. The fourth-order valence-electron chi connectivity index (χ4n) is 11.1. The summed E-state index contributed by atoms with van der Waals surface area (Å²) in [6, 6.07) is 0. The fraction of sp³-hybridized carbons (Fsp3) is 1.00. The molecule has 3 aliphatic heterocycles. The lowest BCUT2D eigenvalue weighted by molar-refractivity contribution is -0.0701. The van der Waals surface area contributed by atoms with Crippen LogP contribution in [0, 0.1) is 50.2 Å². The zero-order chi connectivity index (χ0) is 38.7. The molecule has 3 saturated heterocycles. The summed E-state index contributed by atoms with van der Waals surface area (Å²) in [5, 5.41) is 0. The van der Waals surface area contributed by atoms with Gasteiger partial charge in [-0.05, 0) is 222 Å². The van der Waals surface area contributed by atoms with Gasteiger partial charge in [-0.25, -0.2) is 0 Å². The van der Waals surface area contributed by atoms with Crippen LogP contribution in [0.1, 0.15) is 202 Å². The van der Waals surface area contributed by atoms with Crippen LogP contribution in [0.5, 0.6) is 0 Å². The van der Waals surface area contributed by atoms with E-state index in [0.29, 0.717) is 43.7 Å². The van der Waals surface area contributed by atoms with Crippen LogP contribution in [-0.4, -0.2) is 70.6 Å². The van der Waals surface area contributed by atoms with E-state index in [9.17, 15) is 0 Å². The number of hydrogen-bond donors (Lipinski definition) is 0. The van der Waals surface area contributed by atoms with Crippen molar-refractivity contribution in [2.24, 2.45) is 50.2 Å². The van der Waals surface area contributed by atoms with E-state index in [1.54, 1.807) is 0 Å². The van der Waals surface area contributed by atoms with Gasteiger partial charge in [-0.2, -0.15) is 0 Å². The molecule has 1 unspecified atom stereocenters. The average Bonchev–Trinajstić information content (AvgIpc) is 3.56. The minimum Gasteiger partial charge on any atom is -0.298 e. The molecule has 51 heavy (non-hydrogen) atoms. The number of likely N-dealkylation sites (tertiary alicyclic amines) is 3. The Balaban J connectivity index is 0.000000172. The molecular formula is C48H93N3. The van der Waals surface area contributed by atoms with E-state index < -0.39 is 0 Å². The molecule has 0 radical (unpaired) electrons. The maximum Gasteiger partial charge on any atom is 0.0125 e. The summed E-state index contributed by atoms with van der Waals surface area (Å²) in [4.78, 5) is 8.04. The van der Waals surface area contributed by atoms with Gasteiger partial charge in [0.15, 0.2) is 0 Å². The van der Waals surface area contributed by atoms with Gasteiger partial charge in [-0.1, -0.05) is 62.3 Å². The summed E-state index contributed by atoms with van der Waals surface area (Å²) in [6.07, 6.45) is 17.6. The molecule has 3 heterocycles. The molecule has 1 atom stereocenters. The van der Waals surface area contributed by atoms with Crippen LogP contribution in [0.25, 0.3) is 0 Å². The van der Waals surface area contributed by atoms with Crippen molar-refractivity contribution < 1.29 is 0 Å². The van der Waals surface area contributed by atoms with E-state index in [-0.39, 0.29) is 0 Å². The second-order valence-electron chi connectivity index (χ2n) is 25.9. The number of rotatable bonds is 0. The molecule has 6 aliphatic rings. The smallest absolute Gasteiger partial charge is 0.0125 e. The molecular weight excluding hydrogens is 619 g/mol. The van der Waals surface area contributed by atoms with Crippen molar-refractivity contribution in [3.8, 4) is 0 Å². The van der Waals surface area contributed by atoms with Crippen molar-refractivity contribution in [2.75, 3.05) is 39.3 Å². The Morgan fingerprint density at radius 3 is 0.941 bits per heavy atom. The molecule has 3 heteroatoms. The molecule has 3 saturated carbocycles. The summed E-state index contributed by atoms with van der Waals surface area (Å²) in [5.41, 5.74) is 4.83. The SMILES string of the molecule is CC(C)(C)C1CC2(CCN(C(C)(C)C)C2)C1.CC(C)(C)C1CC2(CCN(C(C)(C)C)CC2)C1.CC(C)(C)C1CCC2(CCN(C(C)(C)C)CC2)C1. The topological polar surface area (TPSA) is 9.72 Å². The molecule has 0 aromatic heterocycles. The highest BCUT2D eigenvalue weighted by atomic mass is 15.2. The van der Waals surface area contributed by atoms with Gasteiger partial charge in [0, 0.05) is 23.2 Å². The Morgan fingerprint density at radius 1 is 0.333 bits per heavy atom. The van der Waals surface area contributed by atoms with Gasteiger partial charge < -0.3 is 0 Å². The van der Waals surface area contributed by atoms with E-state index in [2.05, 4.69) is 139 Å². The Hall–Kier alpha value is -0.120. The highest BCUT2D eigenvalue weighted by Gasteiger charge is 2.53. The van der Waals surface area contributed by atoms with Crippen LogP contribution in [0.15, 0.2) is 0 Å². The van der Waals surface area contributed by atoms with Crippen LogP contribution in [0.2, 0.25) is 0 Å². The van der Waals surface area contributed by atoms with E-state index >= 15 is 0 Å². The molecule has 0 aromatic carbocycles. The first-order chi connectivity index (χ1) is 22.9. The van der Waals surface area contributed by atoms with Gasteiger partial charge in [0.25, 0.3) is 0 Å². The monoisotopic (exact) mass is 712 g/mol. The fourth-order valence-corrected chi connectivity index (χ4v) is 11.1. The molecule has 0 amide bonds. The quantitative estimate of drug-likeness (QED) is 0.248. The van der Waals surface area contributed by atoms with Crippen molar-refractivity contribution in [3.05, 3.63) is 0 Å². The van der Waals surface area contributed by atoms with Crippen molar-refractivity contribution in [1.29, 1.82) is 0 Å². The van der Waals surface area contributed by atoms with Crippen molar-refractivity contribution >= 4 is 0 Å². The van der Waals surface area contributed by atoms with Gasteiger partial charge in [0.2, 0.25) is 0 Å². The van der Waals surface area contributed by atoms with Crippen LogP contribution in [0.4, 0.5) is 0 Å².